The van der Waals surface area contributed by atoms with Gasteiger partial charge in [0.1, 0.15) is 16.7 Å². The van der Waals surface area contributed by atoms with Gasteiger partial charge in [0.25, 0.3) is 5.56 Å². The third kappa shape index (κ3) is 3.64. The lowest BCUT2D eigenvalue weighted by atomic mass is 10.2. The number of halogens is 1. The SMILES string of the molecule is CCCCCCn1cnc2c(c1=O)c1nc3ccccc3nc1n2Cc1ccc(F)cc1. The van der Waals surface area contributed by atoms with Crippen molar-refractivity contribution >= 4 is 33.2 Å². The lowest BCUT2D eigenvalue weighted by molar-refractivity contribution is 0.567. The molecule has 0 N–H and O–H groups in total. The predicted molar refractivity (Wildman–Crippen MR) is 124 cm³/mol. The van der Waals surface area contributed by atoms with Gasteiger partial charge in [0.15, 0.2) is 11.3 Å². The number of hydrogen-bond acceptors (Lipinski definition) is 4. The molecule has 2 aromatic carbocycles. The van der Waals surface area contributed by atoms with Crippen molar-refractivity contribution in [3.8, 4) is 0 Å². The van der Waals surface area contributed by atoms with E-state index in [-0.39, 0.29) is 11.4 Å². The van der Waals surface area contributed by atoms with Gasteiger partial charge in [-0.15, -0.1) is 0 Å². The van der Waals surface area contributed by atoms with E-state index in [1.165, 1.54) is 12.1 Å². The summed E-state index contributed by atoms with van der Waals surface area (Å²) in [6.07, 6.45) is 5.93. The number of hydrogen-bond donors (Lipinski definition) is 0. The molecule has 0 atom stereocenters. The zero-order chi connectivity index (χ0) is 22.1. The third-order valence-electron chi connectivity index (χ3n) is 5.82. The average Bonchev–Trinajstić information content (AvgIpc) is 3.11. The molecule has 0 fully saturated rings. The van der Waals surface area contributed by atoms with Gasteiger partial charge < -0.3 is 4.57 Å². The molecule has 5 rings (SSSR count). The van der Waals surface area contributed by atoms with Gasteiger partial charge >= 0.3 is 0 Å². The summed E-state index contributed by atoms with van der Waals surface area (Å²) < 4.78 is 17.0. The van der Waals surface area contributed by atoms with E-state index in [0.29, 0.717) is 35.3 Å². The van der Waals surface area contributed by atoms with Crippen LogP contribution in [0.2, 0.25) is 0 Å². The van der Waals surface area contributed by atoms with Gasteiger partial charge in [0.05, 0.1) is 23.9 Å². The summed E-state index contributed by atoms with van der Waals surface area (Å²) in [5.74, 6) is -0.286. The summed E-state index contributed by atoms with van der Waals surface area (Å²) in [6, 6.07) is 13.9. The van der Waals surface area contributed by atoms with E-state index >= 15 is 0 Å². The summed E-state index contributed by atoms with van der Waals surface area (Å²) in [4.78, 5) is 27.7. The lowest BCUT2D eigenvalue weighted by Crippen LogP contribution is -2.21. The zero-order valence-corrected chi connectivity index (χ0v) is 18.0. The topological polar surface area (TPSA) is 65.6 Å². The van der Waals surface area contributed by atoms with Gasteiger partial charge in [-0.3, -0.25) is 9.36 Å². The summed E-state index contributed by atoms with van der Waals surface area (Å²) >= 11 is 0. The monoisotopic (exact) mass is 429 g/mol. The molecule has 0 aliphatic carbocycles. The van der Waals surface area contributed by atoms with Crippen molar-refractivity contribution in [2.75, 3.05) is 0 Å². The van der Waals surface area contributed by atoms with Crippen LogP contribution < -0.4 is 5.56 Å². The van der Waals surface area contributed by atoms with Crippen molar-refractivity contribution < 1.29 is 4.39 Å². The molecule has 3 aromatic heterocycles. The van der Waals surface area contributed by atoms with Crippen molar-refractivity contribution in [2.45, 2.75) is 45.7 Å². The summed E-state index contributed by atoms with van der Waals surface area (Å²) in [5.41, 5.74) is 4.00. The van der Waals surface area contributed by atoms with E-state index in [4.69, 9.17) is 9.97 Å². The van der Waals surface area contributed by atoms with Crippen LogP contribution in [0, 0.1) is 5.82 Å². The second-order valence-electron chi connectivity index (χ2n) is 8.10. The number of unbranched alkanes of at least 4 members (excludes halogenated alkanes) is 3. The maximum atomic E-state index is 13.4. The van der Waals surface area contributed by atoms with E-state index in [1.54, 1.807) is 23.0 Å². The van der Waals surface area contributed by atoms with Crippen LogP contribution >= 0.6 is 0 Å². The van der Waals surface area contributed by atoms with Crippen LogP contribution in [-0.2, 0) is 13.1 Å². The summed E-state index contributed by atoms with van der Waals surface area (Å²) in [5, 5.41) is 0.485. The molecule has 162 valence electrons. The van der Waals surface area contributed by atoms with Crippen molar-refractivity contribution in [3.05, 3.63) is 76.6 Å². The fourth-order valence-corrected chi connectivity index (χ4v) is 4.13. The Balaban J connectivity index is 1.71. The normalized spacial score (nSPS) is 11.7. The quantitative estimate of drug-likeness (QED) is 0.339. The highest BCUT2D eigenvalue weighted by molar-refractivity contribution is 6.04. The Kier molecular flexibility index (Phi) is 5.39. The number of rotatable bonds is 7. The number of para-hydroxylation sites is 2. The third-order valence-corrected chi connectivity index (χ3v) is 5.82. The molecule has 0 spiro atoms. The molecule has 0 saturated carbocycles. The second-order valence-corrected chi connectivity index (χ2v) is 8.10. The standard InChI is InChI=1S/C25H24FN5O/c1-2-3-4-7-14-30-16-27-23-21(25(30)32)22-24(29-20-9-6-5-8-19(20)28-22)31(23)15-17-10-12-18(26)13-11-17/h5-6,8-13,16H,2-4,7,14-15H2,1H3. The van der Waals surface area contributed by atoms with Crippen molar-refractivity contribution in [1.82, 2.24) is 24.1 Å². The molecule has 0 radical (unpaired) electrons. The number of fused-ring (bicyclic) bond motifs is 4. The molecule has 7 heteroatoms. The van der Waals surface area contributed by atoms with Crippen LogP contribution in [-0.4, -0.2) is 24.1 Å². The smallest absolute Gasteiger partial charge is 0.265 e. The first-order valence-corrected chi connectivity index (χ1v) is 11.0. The minimum absolute atomic E-state index is 0.0982. The second kappa shape index (κ2) is 8.49. The molecule has 5 aromatic rings. The van der Waals surface area contributed by atoms with Gasteiger partial charge in [0.2, 0.25) is 0 Å². The van der Waals surface area contributed by atoms with E-state index in [9.17, 15) is 9.18 Å². The highest BCUT2D eigenvalue weighted by atomic mass is 19.1. The van der Waals surface area contributed by atoms with Crippen molar-refractivity contribution in [1.29, 1.82) is 0 Å². The van der Waals surface area contributed by atoms with Crippen LogP contribution in [0.4, 0.5) is 4.39 Å². The predicted octanol–water partition coefficient (Wildman–Crippen LogP) is 5.06. The van der Waals surface area contributed by atoms with E-state index in [1.807, 2.05) is 28.8 Å². The Labute approximate surface area is 184 Å². The van der Waals surface area contributed by atoms with Gasteiger partial charge in [-0.25, -0.2) is 19.3 Å². The van der Waals surface area contributed by atoms with Gasteiger partial charge in [-0.1, -0.05) is 50.5 Å². The highest BCUT2D eigenvalue weighted by Crippen LogP contribution is 2.26. The Bertz CT molecular complexity index is 1470. The van der Waals surface area contributed by atoms with E-state index in [2.05, 4.69) is 11.9 Å². The van der Waals surface area contributed by atoms with Crippen LogP contribution in [0.15, 0.2) is 59.7 Å². The van der Waals surface area contributed by atoms with E-state index < -0.39 is 0 Å². The van der Waals surface area contributed by atoms with Gasteiger partial charge in [-0.2, -0.15) is 0 Å². The summed E-state index contributed by atoms with van der Waals surface area (Å²) in [6.45, 7) is 3.21. The largest absolute Gasteiger partial charge is 0.304 e. The number of aromatic nitrogens is 5. The minimum atomic E-state index is -0.286. The molecular weight excluding hydrogens is 405 g/mol. The number of nitrogens with zero attached hydrogens (tertiary/aromatic N) is 5. The first-order valence-electron chi connectivity index (χ1n) is 11.0. The molecule has 6 nitrogen and oxygen atoms in total. The number of aryl methyl sites for hydroxylation is 1. The molecule has 3 heterocycles. The lowest BCUT2D eigenvalue weighted by Gasteiger charge is -2.08. The molecule has 0 bridgehead atoms. The minimum Gasteiger partial charge on any atom is -0.304 e. The van der Waals surface area contributed by atoms with Gasteiger partial charge in [0, 0.05) is 6.54 Å². The Morgan fingerprint density at radius 2 is 1.66 bits per heavy atom. The van der Waals surface area contributed by atoms with Crippen LogP contribution in [0.5, 0.6) is 0 Å². The number of benzene rings is 2. The average molecular weight is 429 g/mol. The van der Waals surface area contributed by atoms with Crippen LogP contribution in [0.25, 0.3) is 33.2 Å². The van der Waals surface area contributed by atoms with Crippen LogP contribution in [0.3, 0.4) is 0 Å². The first kappa shape index (κ1) is 20.3. The Morgan fingerprint density at radius 3 is 2.41 bits per heavy atom. The maximum Gasteiger partial charge on any atom is 0.265 e. The molecular formula is C25H24FN5O. The fraction of sp³-hybridized carbons (Fsp3) is 0.280. The molecule has 32 heavy (non-hydrogen) atoms. The highest BCUT2D eigenvalue weighted by Gasteiger charge is 2.20. The maximum absolute atomic E-state index is 13.4. The molecule has 0 aliphatic rings. The summed E-state index contributed by atoms with van der Waals surface area (Å²) in [7, 11) is 0. The Morgan fingerprint density at radius 1 is 0.906 bits per heavy atom. The van der Waals surface area contributed by atoms with Crippen molar-refractivity contribution in [2.24, 2.45) is 0 Å². The molecule has 0 amide bonds. The van der Waals surface area contributed by atoms with E-state index in [0.717, 1.165) is 42.3 Å². The van der Waals surface area contributed by atoms with Crippen molar-refractivity contribution in [3.63, 3.8) is 0 Å². The van der Waals surface area contributed by atoms with Gasteiger partial charge in [-0.05, 0) is 36.2 Å². The zero-order valence-electron chi connectivity index (χ0n) is 18.0. The van der Waals surface area contributed by atoms with Crippen LogP contribution in [0.1, 0.15) is 38.2 Å². The Hall–Kier alpha value is -3.61. The molecule has 0 saturated heterocycles. The first-order chi connectivity index (χ1) is 15.7. The molecule has 0 aliphatic heterocycles. The molecule has 0 unspecified atom stereocenters. The fourth-order valence-electron chi connectivity index (χ4n) is 4.13.